The van der Waals surface area contributed by atoms with Gasteiger partial charge in [0.2, 0.25) is 5.91 Å². The Kier molecular flexibility index (Phi) is 4.57. The van der Waals surface area contributed by atoms with E-state index in [1.165, 1.54) is 0 Å². The van der Waals surface area contributed by atoms with Gasteiger partial charge in [0.15, 0.2) is 0 Å². The SMILES string of the molecule is Cc1ccccc1NC(=O)CN(C)c1ccccc1C#N. The Bertz CT molecular complexity index is 688. The van der Waals surface area contributed by atoms with E-state index in [9.17, 15) is 4.79 Å². The molecule has 0 bridgehead atoms. The van der Waals surface area contributed by atoms with Crippen molar-refractivity contribution in [3.8, 4) is 6.07 Å². The molecule has 2 aromatic rings. The number of amides is 1. The minimum Gasteiger partial charge on any atom is -0.364 e. The Morgan fingerprint density at radius 1 is 1.19 bits per heavy atom. The number of nitrogens with one attached hydrogen (secondary N) is 1. The number of anilines is 2. The molecule has 0 unspecified atom stereocenters. The Morgan fingerprint density at radius 2 is 1.86 bits per heavy atom. The van der Waals surface area contributed by atoms with Gasteiger partial charge in [-0.15, -0.1) is 0 Å². The normalized spacial score (nSPS) is 9.76. The summed E-state index contributed by atoms with van der Waals surface area (Å²) in [5.74, 6) is -0.112. The number of carbonyl (C=O) groups excluding carboxylic acids is 1. The number of rotatable bonds is 4. The molecule has 106 valence electrons. The van der Waals surface area contributed by atoms with Gasteiger partial charge in [-0.3, -0.25) is 4.79 Å². The highest BCUT2D eigenvalue weighted by atomic mass is 16.2. The van der Waals surface area contributed by atoms with Crippen LogP contribution in [-0.4, -0.2) is 19.5 Å². The lowest BCUT2D eigenvalue weighted by atomic mass is 10.2. The lowest BCUT2D eigenvalue weighted by Gasteiger charge is -2.20. The Hall–Kier alpha value is -2.80. The third-order valence-corrected chi connectivity index (χ3v) is 3.24. The molecule has 4 heteroatoms. The Balaban J connectivity index is 2.06. The van der Waals surface area contributed by atoms with Gasteiger partial charge in [-0.2, -0.15) is 5.26 Å². The van der Waals surface area contributed by atoms with E-state index in [1.807, 2.05) is 49.4 Å². The summed E-state index contributed by atoms with van der Waals surface area (Å²) in [5.41, 5.74) is 3.14. The number of likely N-dealkylation sites (N-methyl/N-ethyl adjacent to an activating group) is 1. The molecule has 1 amide bonds. The van der Waals surface area contributed by atoms with Crippen molar-refractivity contribution in [2.75, 3.05) is 23.8 Å². The number of hydrogen-bond acceptors (Lipinski definition) is 3. The number of para-hydroxylation sites is 2. The van der Waals surface area contributed by atoms with Crippen LogP contribution in [0.4, 0.5) is 11.4 Å². The number of nitriles is 1. The zero-order valence-corrected chi connectivity index (χ0v) is 12.1. The van der Waals surface area contributed by atoms with E-state index in [0.29, 0.717) is 5.56 Å². The second kappa shape index (κ2) is 6.58. The second-order valence-electron chi connectivity index (χ2n) is 4.85. The highest BCUT2D eigenvalue weighted by molar-refractivity contribution is 5.94. The average Bonchev–Trinajstić information content (AvgIpc) is 2.49. The van der Waals surface area contributed by atoms with Gasteiger partial charge in [0.1, 0.15) is 6.07 Å². The molecule has 2 aromatic carbocycles. The van der Waals surface area contributed by atoms with E-state index in [2.05, 4.69) is 11.4 Å². The van der Waals surface area contributed by atoms with Gasteiger partial charge in [0.25, 0.3) is 0 Å². The maximum Gasteiger partial charge on any atom is 0.243 e. The second-order valence-corrected chi connectivity index (χ2v) is 4.85. The fourth-order valence-electron chi connectivity index (χ4n) is 2.10. The first-order chi connectivity index (χ1) is 10.1. The molecule has 0 aliphatic heterocycles. The molecular formula is C17H17N3O. The van der Waals surface area contributed by atoms with Gasteiger partial charge < -0.3 is 10.2 Å². The zero-order chi connectivity index (χ0) is 15.2. The summed E-state index contributed by atoms with van der Waals surface area (Å²) in [6.45, 7) is 2.14. The fraction of sp³-hybridized carbons (Fsp3) is 0.176. The van der Waals surface area contributed by atoms with Gasteiger partial charge in [-0.25, -0.2) is 0 Å². The number of hydrogen-bond donors (Lipinski definition) is 1. The molecule has 0 heterocycles. The molecule has 0 saturated carbocycles. The van der Waals surface area contributed by atoms with Crippen LogP contribution in [0.3, 0.4) is 0 Å². The van der Waals surface area contributed by atoms with Gasteiger partial charge >= 0.3 is 0 Å². The van der Waals surface area contributed by atoms with Crippen molar-refractivity contribution in [2.45, 2.75) is 6.92 Å². The number of benzene rings is 2. The molecule has 0 aromatic heterocycles. The molecule has 0 aliphatic rings. The molecule has 21 heavy (non-hydrogen) atoms. The third-order valence-electron chi connectivity index (χ3n) is 3.24. The van der Waals surface area contributed by atoms with Crippen LogP contribution in [0.15, 0.2) is 48.5 Å². The van der Waals surface area contributed by atoms with Crippen LogP contribution in [0.1, 0.15) is 11.1 Å². The molecule has 0 atom stereocenters. The van der Waals surface area contributed by atoms with Gasteiger partial charge in [0, 0.05) is 12.7 Å². The van der Waals surface area contributed by atoms with Crippen LogP contribution in [0.25, 0.3) is 0 Å². The molecule has 0 fully saturated rings. The highest BCUT2D eigenvalue weighted by Gasteiger charge is 2.11. The first-order valence-corrected chi connectivity index (χ1v) is 6.67. The van der Waals surface area contributed by atoms with E-state index in [-0.39, 0.29) is 12.5 Å². The largest absolute Gasteiger partial charge is 0.364 e. The summed E-state index contributed by atoms with van der Waals surface area (Å²) in [6.07, 6.45) is 0. The smallest absolute Gasteiger partial charge is 0.243 e. The lowest BCUT2D eigenvalue weighted by Crippen LogP contribution is -2.30. The molecule has 4 nitrogen and oxygen atoms in total. The molecule has 0 aliphatic carbocycles. The summed E-state index contributed by atoms with van der Waals surface area (Å²) in [4.78, 5) is 13.9. The van der Waals surface area contributed by atoms with Crippen molar-refractivity contribution in [3.05, 3.63) is 59.7 Å². The molecule has 2 rings (SSSR count). The van der Waals surface area contributed by atoms with Crippen LogP contribution in [-0.2, 0) is 4.79 Å². The quantitative estimate of drug-likeness (QED) is 0.936. The van der Waals surface area contributed by atoms with Crippen molar-refractivity contribution in [3.63, 3.8) is 0 Å². The van der Waals surface area contributed by atoms with Crippen molar-refractivity contribution in [1.29, 1.82) is 5.26 Å². The lowest BCUT2D eigenvalue weighted by molar-refractivity contribution is -0.114. The number of aryl methyl sites for hydroxylation is 1. The van der Waals surface area contributed by atoms with E-state index < -0.39 is 0 Å². The average molecular weight is 279 g/mol. The van der Waals surface area contributed by atoms with Crippen molar-refractivity contribution in [1.82, 2.24) is 0 Å². The van der Waals surface area contributed by atoms with Crippen LogP contribution >= 0.6 is 0 Å². The van der Waals surface area contributed by atoms with Gasteiger partial charge in [-0.05, 0) is 30.7 Å². The topological polar surface area (TPSA) is 56.1 Å². The number of nitrogens with zero attached hydrogens (tertiary/aromatic N) is 2. The van der Waals surface area contributed by atoms with Crippen LogP contribution in [0.5, 0.6) is 0 Å². The van der Waals surface area contributed by atoms with Crippen molar-refractivity contribution in [2.24, 2.45) is 0 Å². The molecule has 1 N–H and O–H groups in total. The monoisotopic (exact) mass is 279 g/mol. The Labute approximate surface area is 124 Å². The van der Waals surface area contributed by atoms with Gasteiger partial charge in [0.05, 0.1) is 17.8 Å². The highest BCUT2D eigenvalue weighted by Crippen LogP contribution is 2.18. The molecule has 0 saturated heterocycles. The maximum absolute atomic E-state index is 12.1. The Morgan fingerprint density at radius 3 is 2.57 bits per heavy atom. The van der Waals surface area contributed by atoms with E-state index in [1.54, 1.807) is 18.0 Å². The van der Waals surface area contributed by atoms with Crippen LogP contribution in [0.2, 0.25) is 0 Å². The first-order valence-electron chi connectivity index (χ1n) is 6.67. The summed E-state index contributed by atoms with van der Waals surface area (Å²) in [6, 6.07) is 17.0. The fourth-order valence-corrected chi connectivity index (χ4v) is 2.10. The van der Waals surface area contributed by atoms with E-state index in [0.717, 1.165) is 16.9 Å². The van der Waals surface area contributed by atoms with E-state index >= 15 is 0 Å². The summed E-state index contributed by atoms with van der Waals surface area (Å²) < 4.78 is 0. The predicted octanol–water partition coefficient (Wildman–Crippen LogP) is 2.94. The third kappa shape index (κ3) is 3.61. The predicted molar refractivity (Wildman–Crippen MR) is 84.2 cm³/mol. The minimum absolute atomic E-state index is 0.112. The maximum atomic E-state index is 12.1. The van der Waals surface area contributed by atoms with Crippen molar-refractivity contribution >= 4 is 17.3 Å². The summed E-state index contributed by atoms with van der Waals surface area (Å²) in [7, 11) is 1.80. The minimum atomic E-state index is -0.112. The standard InChI is InChI=1S/C17H17N3O/c1-13-7-3-5-9-15(13)19-17(21)12-20(2)16-10-6-4-8-14(16)11-18/h3-10H,12H2,1-2H3,(H,19,21). The summed E-state index contributed by atoms with van der Waals surface area (Å²) >= 11 is 0. The van der Waals surface area contributed by atoms with Gasteiger partial charge in [-0.1, -0.05) is 30.3 Å². The number of carbonyl (C=O) groups is 1. The molecule has 0 spiro atoms. The van der Waals surface area contributed by atoms with Crippen LogP contribution in [0, 0.1) is 18.3 Å². The summed E-state index contributed by atoms with van der Waals surface area (Å²) in [5, 5.41) is 12.0. The molecule has 0 radical (unpaired) electrons. The molecular weight excluding hydrogens is 262 g/mol. The van der Waals surface area contributed by atoms with E-state index in [4.69, 9.17) is 5.26 Å². The first kappa shape index (κ1) is 14.6. The van der Waals surface area contributed by atoms with Crippen LogP contribution < -0.4 is 10.2 Å². The van der Waals surface area contributed by atoms with Crippen molar-refractivity contribution < 1.29 is 4.79 Å². The zero-order valence-electron chi connectivity index (χ0n) is 12.1.